The monoisotopic (exact) mass is 422 g/mol. The molecule has 31 heavy (non-hydrogen) atoms. The number of benzene rings is 2. The maximum atomic E-state index is 12.9. The van der Waals surface area contributed by atoms with Crippen molar-refractivity contribution in [3.63, 3.8) is 0 Å². The van der Waals surface area contributed by atoms with E-state index in [1.54, 1.807) is 36.7 Å². The first-order chi connectivity index (χ1) is 14.8. The lowest BCUT2D eigenvalue weighted by Crippen LogP contribution is -2.05. The number of aromatic carboxylic acids is 1. The van der Waals surface area contributed by atoms with Gasteiger partial charge in [-0.3, -0.25) is 4.98 Å². The van der Waals surface area contributed by atoms with Gasteiger partial charge in [0, 0.05) is 17.3 Å². The van der Waals surface area contributed by atoms with Crippen LogP contribution in [0.4, 0.5) is 24.7 Å². The van der Waals surface area contributed by atoms with Gasteiger partial charge in [-0.15, -0.1) is 0 Å². The van der Waals surface area contributed by atoms with Gasteiger partial charge in [0.25, 0.3) is 0 Å². The van der Waals surface area contributed by atoms with Gasteiger partial charge < -0.3 is 14.8 Å². The Morgan fingerprint density at radius 2 is 1.74 bits per heavy atom. The van der Waals surface area contributed by atoms with E-state index in [4.69, 9.17) is 0 Å². The molecule has 9 heteroatoms. The van der Waals surface area contributed by atoms with E-state index in [9.17, 15) is 23.1 Å². The Labute approximate surface area is 172 Å². The molecule has 0 saturated carbocycles. The van der Waals surface area contributed by atoms with Gasteiger partial charge in [-0.1, -0.05) is 0 Å². The van der Waals surface area contributed by atoms with E-state index < -0.39 is 17.7 Å². The van der Waals surface area contributed by atoms with Gasteiger partial charge in [0.1, 0.15) is 0 Å². The van der Waals surface area contributed by atoms with Crippen molar-refractivity contribution in [3.05, 3.63) is 78.1 Å². The summed E-state index contributed by atoms with van der Waals surface area (Å²) < 4.78 is 40.5. The lowest BCUT2D eigenvalue weighted by atomic mass is 10.1. The Hall–Kier alpha value is -4.14. The van der Waals surface area contributed by atoms with E-state index in [2.05, 4.69) is 15.3 Å². The van der Waals surface area contributed by atoms with Gasteiger partial charge in [-0.25, -0.2) is 9.78 Å². The SMILES string of the molecule is O=C(O)c1ccc2c(c1)cc1c(Nc3ccc(C(F)(F)F)cc3)nc3ccncc3n12. The topological polar surface area (TPSA) is 79.5 Å². The molecule has 0 saturated heterocycles. The van der Waals surface area contributed by atoms with E-state index in [-0.39, 0.29) is 5.56 Å². The van der Waals surface area contributed by atoms with Gasteiger partial charge in [0.05, 0.1) is 39.4 Å². The van der Waals surface area contributed by atoms with Crippen LogP contribution in [0.15, 0.2) is 67.0 Å². The number of aromatic nitrogens is 3. The summed E-state index contributed by atoms with van der Waals surface area (Å²) in [6.45, 7) is 0. The summed E-state index contributed by atoms with van der Waals surface area (Å²) in [5, 5.41) is 13.1. The molecule has 3 aromatic heterocycles. The number of halogens is 3. The molecule has 154 valence electrons. The average Bonchev–Trinajstić information content (AvgIpc) is 3.13. The molecule has 0 aliphatic heterocycles. The molecule has 0 aliphatic carbocycles. The first kappa shape index (κ1) is 18.9. The molecule has 3 heterocycles. The molecule has 2 N–H and O–H groups in total. The number of nitrogens with one attached hydrogen (secondary N) is 1. The third-order valence-corrected chi connectivity index (χ3v) is 5.02. The van der Waals surface area contributed by atoms with Crippen LogP contribution < -0.4 is 5.32 Å². The highest BCUT2D eigenvalue weighted by Crippen LogP contribution is 2.33. The predicted octanol–water partition coefficient (Wildman–Crippen LogP) is 5.50. The second kappa shape index (κ2) is 6.69. The zero-order valence-corrected chi connectivity index (χ0v) is 15.7. The molecule has 0 aliphatic rings. The number of carboxylic acids is 1. The lowest BCUT2D eigenvalue weighted by Gasteiger charge is -2.12. The molecule has 6 nitrogen and oxygen atoms in total. The van der Waals surface area contributed by atoms with Crippen molar-refractivity contribution in [2.75, 3.05) is 5.32 Å². The Balaban J connectivity index is 1.71. The smallest absolute Gasteiger partial charge is 0.416 e. The molecule has 5 aromatic rings. The van der Waals surface area contributed by atoms with Crippen LogP contribution in [0.25, 0.3) is 27.5 Å². The number of hydrogen-bond donors (Lipinski definition) is 2. The number of fused-ring (bicyclic) bond motifs is 5. The Morgan fingerprint density at radius 3 is 2.45 bits per heavy atom. The minimum Gasteiger partial charge on any atom is -0.478 e. The number of carboxylic acid groups (broad SMARTS) is 1. The third-order valence-electron chi connectivity index (χ3n) is 5.02. The fourth-order valence-corrected chi connectivity index (χ4v) is 3.58. The highest BCUT2D eigenvalue weighted by atomic mass is 19.4. The van der Waals surface area contributed by atoms with Crippen LogP contribution in [-0.4, -0.2) is 25.4 Å². The van der Waals surface area contributed by atoms with Gasteiger partial charge in [-0.05, 0) is 54.6 Å². The Morgan fingerprint density at radius 1 is 0.968 bits per heavy atom. The summed E-state index contributed by atoms with van der Waals surface area (Å²) in [5.74, 6) is -0.614. The lowest BCUT2D eigenvalue weighted by molar-refractivity contribution is -0.137. The summed E-state index contributed by atoms with van der Waals surface area (Å²) in [6, 6.07) is 13.0. The quantitative estimate of drug-likeness (QED) is 0.402. The van der Waals surface area contributed by atoms with Crippen LogP contribution in [0.3, 0.4) is 0 Å². The molecule has 0 radical (unpaired) electrons. The van der Waals surface area contributed by atoms with Crippen molar-refractivity contribution < 1.29 is 23.1 Å². The molecule has 2 aromatic carbocycles. The number of carbonyl (C=O) groups is 1. The number of hydrogen-bond acceptors (Lipinski definition) is 4. The summed E-state index contributed by atoms with van der Waals surface area (Å²) in [5.41, 5.74) is 2.58. The number of anilines is 2. The molecule has 0 fully saturated rings. The van der Waals surface area contributed by atoms with Crippen molar-refractivity contribution in [3.8, 4) is 0 Å². The first-order valence-electron chi connectivity index (χ1n) is 9.18. The summed E-state index contributed by atoms with van der Waals surface area (Å²) >= 11 is 0. The number of rotatable bonds is 3. The molecule has 5 rings (SSSR count). The van der Waals surface area contributed by atoms with Gasteiger partial charge in [0.15, 0.2) is 5.82 Å². The molecule has 0 atom stereocenters. The normalized spacial score (nSPS) is 12.0. The zero-order chi connectivity index (χ0) is 21.8. The van der Waals surface area contributed by atoms with E-state index in [1.807, 2.05) is 4.40 Å². The minimum absolute atomic E-state index is 0.149. The summed E-state index contributed by atoms with van der Waals surface area (Å²) in [4.78, 5) is 20.1. The molecule has 0 amide bonds. The van der Waals surface area contributed by atoms with Gasteiger partial charge >= 0.3 is 12.1 Å². The van der Waals surface area contributed by atoms with Crippen molar-refractivity contribution >= 4 is 44.9 Å². The number of pyridine rings is 1. The van der Waals surface area contributed by atoms with Crippen LogP contribution in [0, 0.1) is 0 Å². The average molecular weight is 422 g/mol. The second-order valence-corrected chi connectivity index (χ2v) is 6.97. The number of nitrogens with zero attached hydrogens (tertiary/aromatic N) is 3. The van der Waals surface area contributed by atoms with E-state index in [1.165, 1.54) is 18.2 Å². The molecular weight excluding hydrogens is 409 g/mol. The van der Waals surface area contributed by atoms with Crippen molar-refractivity contribution in [2.45, 2.75) is 6.18 Å². The highest BCUT2D eigenvalue weighted by Gasteiger charge is 2.30. The predicted molar refractivity (Wildman–Crippen MR) is 110 cm³/mol. The van der Waals surface area contributed by atoms with Crippen molar-refractivity contribution in [2.24, 2.45) is 0 Å². The highest BCUT2D eigenvalue weighted by molar-refractivity contribution is 6.00. The maximum absolute atomic E-state index is 12.9. The third kappa shape index (κ3) is 3.20. The fraction of sp³-hybridized carbons (Fsp3) is 0.0455. The van der Waals surface area contributed by atoms with E-state index in [0.717, 1.165) is 17.6 Å². The largest absolute Gasteiger partial charge is 0.478 e. The first-order valence-corrected chi connectivity index (χ1v) is 9.18. The standard InChI is InChI=1S/C22H13F3N4O2/c23-22(24,25)14-2-4-15(5-3-14)27-20-18-10-13-9-12(21(30)31)1-6-17(13)29(18)19-11-26-8-7-16(19)28-20/h1-11H,(H,27,28)(H,30,31). The zero-order valence-electron chi connectivity index (χ0n) is 15.7. The van der Waals surface area contributed by atoms with Crippen molar-refractivity contribution in [1.82, 2.24) is 14.4 Å². The van der Waals surface area contributed by atoms with Crippen molar-refractivity contribution in [1.29, 1.82) is 0 Å². The summed E-state index contributed by atoms with van der Waals surface area (Å²) in [7, 11) is 0. The summed E-state index contributed by atoms with van der Waals surface area (Å²) in [6.07, 6.45) is -1.17. The van der Waals surface area contributed by atoms with Crippen LogP contribution in [-0.2, 0) is 6.18 Å². The minimum atomic E-state index is -4.42. The Bertz CT molecular complexity index is 1470. The fourth-order valence-electron chi connectivity index (χ4n) is 3.58. The van der Waals surface area contributed by atoms with E-state index in [0.29, 0.717) is 33.4 Å². The Kier molecular flexibility index (Phi) is 4.07. The molecule has 0 bridgehead atoms. The molecule has 0 unspecified atom stereocenters. The van der Waals surface area contributed by atoms with E-state index >= 15 is 0 Å². The molecule has 0 spiro atoms. The van der Waals surface area contributed by atoms with Crippen LogP contribution in [0.1, 0.15) is 15.9 Å². The maximum Gasteiger partial charge on any atom is 0.416 e. The van der Waals surface area contributed by atoms with Gasteiger partial charge in [0.2, 0.25) is 0 Å². The van der Waals surface area contributed by atoms with Crippen LogP contribution in [0.2, 0.25) is 0 Å². The number of alkyl halides is 3. The van der Waals surface area contributed by atoms with Gasteiger partial charge in [-0.2, -0.15) is 13.2 Å². The van der Waals surface area contributed by atoms with Crippen LogP contribution in [0.5, 0.6) is 0 Å². The second-order valence-electron chi connectivity index (χ2n) is 6.97. The molecular formula is C22H13F3N4O2. The van der Waals surface area contributed by atoms with Crippen LogP contribution >= 0.6 is 0 Å².